The first-order valence-electron chi connectivity index (χ1n) is 13.2. The average Bonchev–Trinajstić information content (AvgIpc) is 2.83. The summed E-state index contributed by atoms with van der Waals surface area (Å²) in [6.45, 7) is 2.47. The first kappa shape index (κ1) is 28.5. The Morgan fingerprint density at radius 2 is 1.74 bits per heavy atom. The number of hydrogen-bond donors (Lipinski definition) is 1. The van der Waals surface area contributed by atoms with Crippen LogP contribution in [-0.4, -0.2) is 47.9 Å². The number of carboxylic acid groups (broad SMARTS) is 1. The number of carbonyl (C=O) groups is 1. The Morgan fingerprint density at radius 3 is 2.39 bits per heavy atom. The normalized spacial score (nSPS) is 23.5. The van der Waals surface area contributed by atoms with Gasteiger partial charge in [-0.3, -0.25) is 4.79 Å². The van der Waals surface area contributed by atoms with Crippen LogP contribution < -0.4 is 4.74 Å². The minimum atomic E-state index is -4.68. The molecule has 0 amide bonds. The highest BCUT2D eigenvalue weighted by atomic mass is 19.4. The lowest BCUT2D eigenvalue weighted by Crippen LogP contribution is -2.37. The smallest absolute Gasteiger partial charge is 0.420 e. The van der Waals surface area contributed by atoms with Gasteiger partial charge in [-0.2, -0.15) is 26.3 Å². The number of halogens is 6. The highest BCUT2D eigenvalue weighted by molar-refractivity contribution is 5.89. The molecule has 1 aliphatic carbocycles. The van der Waals surface area contributed by atoms with Crippen LogP contribution in [0.2, 0.25) is 0 Å². The first-order chi connectivity index (χ1) is 17.9. The Labute approximate surface area is 217 Å². The Morgan fingerprint density at radius 1 is 1.00 bits per heavy atom. The topological polar surface area (TPSA) is 49.8 Å². The first-order valence-corrected chi connectivity index (χ1v) is 13.2. The standard InChI is InChI=1S/C28H33F6NO3/c29-27(30,31)21-7-9-22(10-8-21)38-24-12-6-20-15-18(5-11-23(20)26(24)28(32,33)34)3-1-13-35-14-2-4-19(17-35)16-25(36)37/h5-6,11-12,15,19,21-22H,1-4,7-10,13-14,16-17H2,(H,36,37)/t19-,21-,22+/m0/s1. The lowest BCUT2D eigenvalue weighted by molar-refractivity contribution is -0.185. The van der Waals surface area contributed by atoms with Crippen molar-refractivity contribution in [2.75, 3.05) is 19.6 Å². The molecule has 1 saturated heterocycles. The molecule has 1 heterocycles. The average molecular weight is 546 g/mol. The van der Waals surface area contributed by atoms with E-state index in [1.165, 1.54) is 12.1 Å². The molecule has 4 rings (SSSR count). The minimum Gasteiger partial charge on any atom is -0.490 e. The molecule has 2 fully saturated rings. The summed E-state index contributed by atoms with van der Waals surface area (Å²) in [5, 5.41) is 9.48. The van der Waals surface area contributed by atoms with Gasteiger partial charge >= 0.3 is 18.3 Å². The number of ether oxygens (including phenoxy) is 1. The molecule has 4 nitrogen and oxygen atoms in total. The molecule has 38 heavy (non-hydrogen) atoms. The van der Waals surface area contributed by atoms with Gasteiger partial charge in [-0.25, -0.2) is 0 Å². The summed E-state index contributed by atoms with van der Waals surface area (Å²) < 4.78 is 86.8. The molecular formula is C28H33F6NO3. The van der Waals surface area contributed by atoms with Crippen LogP contribution in [0.1, 0.15) is 62.5 Å². The highest BCUT2D eigenvalue weighted by Crippen LogP contribution is 2.44. The molecule has 2 aromatic rings. The molecule has 2 aromatic carbocycles. The van der Waals surface area contributed by atoms with E-state index in [-0.39, 0.29) is 49.2 Å². The van der Waals surface area contributed by atoms with Crippen LogP contribution in [0.5, 0.6) is 5.75 Å². The second kappa shape index (κ2) is 11.7. The van der Waals surface area contributed by atoms with Crippen molar-refractivity contribution >= 4 is 16.7 Å². The lowest BCUT2D eigenvalue weighted by Gasteiger charge is -2.32. The predicted octanol–water partition coefficient (Wildman–Crippen LogP) is 7.48. The number of hydrogen-bond acceptors (Lipinski definition) is 3. The van der Waals surface area contributed by atoms with Gasteiger partial charge in [0.05, 0.1) is 12.0 Å². The molecule has 1 N–H and O–H groups in total. The van der Waals surface area contributed by atoms with Crippen molar-refractivity contribution in [1.29, 1.82) is 0 Å². The van der Waals surface area contributed by atoms with Gasteiger partial charge in [-0.1, -0.05) is 24.3 Å². The number of nitrogens with zero attached hydrogens (tertiary/aromatic N) is 1. The number of aliphatic carboxylic acids is 1. The van der Waals surface area contributed by atoms with Crippen LogP contribution in [0.25, 0.3) is 10.8 Å². The zero-order valence-electron chi connectivity index (χ0n) is 21.1. The van der Waals surface area contributed by atoms with Crippen LogP contribution in [-0.2, 0) is 17.4 Å². The number of alkyl halides is 6. The van der Waals surface area contributed by atoms with E-state index in [9.17, 15) is 31.1 Å². The monoisotopic (exact) mass is 545 g/mol. The summed E-state index contributed by atoms with van der Waals surface area (Å²) >= 11 is 0. The maximum absolute atomic E-state index is 14.1. The third-order valence-corrected chi connectivity index (χ3v) is 7.77. The van der Waals surface area contributed by atoms with Gasteiger partial charge in [0.2, 0.25) is 0 Å². The SMILES string of the molecule is O=C(O)C[C@@H]1CCCN(CCCc2ccc3c(C(F)(F)F)c(O[C@H]4CC[C@@H](C(F)(F)F)CC4)ccc3c2)C1. The second-order valence-electron chi connectivity index (χ2n) is 10.6. The number of carboxylic acids is 1. The van der Waals surface area contributed by atoms with Crippen molar-refractivity contribution in [1.82, 2.24) is 4.90 Å². The van der Waals surface area contributed by atoms with Gasteiger partial charge in [0.25, 0.3) is 0 Å². The number of piperidine rings is 1. The van der Waals surface area contributed by atoms with Crippen LogP contribution >= 0.6 is 0 Å². The minimum absolute atomic E-state index is 0.00951. The summed E-state index contributed by atoms with van der Waals surface area (Å²) in [5.41, 5.74) is 0.0149. The Kier molecular flexibility index (Phi) is 8.79. The number of benzene rings is 2. The molecule has 0 spiro atoms. The molecule has 0 unspecified atom stereocenters. The molecule has 1 aliphatic heterocycles. The molecule has 210 valence electrons. The van der Waals surface area contributed by atoms with E-state index >= 15 is 0 Å². The molecule has 1 atom stereocenters. The molecule has 10 heteroatoms. The maximum Gasteiger partial charge on any atom is 0.420 e. The number of aryl methyl sites for hydroxylation is 1. The Hall–Kier alpha value is -2.49. The highest BCUT2D eigenvalue weighted by Gasteiger charge is 2.42. The Bertz CT molecular complexity index is 1110. The maximum atomic E-state index is 14.1. The fraction of sp³-hybridized carbons (Fsp3) is 0.607. The summed E-state index contributed by atoms with van der Waals surface area (Å²) in [7, 11) is 0. The van der Waals surface area contributed by atoms with E-state index in [4.69, 9.17) is 9.84 Å². The van der Waals surface area contributed by atoms with Gasteiger partial charge in [0.1, 0.15) is 11.3 Å². The van der Waals surface area contributed by atoms with Crippen LogP contribution in [0.4, 0.5) is 26.3 Å². The zero-order valence-corrected chi connectivity index (χ0v) is 21.1. The predicted molar refractivity (Wildman–Crippen MR) is 131 cm³/mol. The molecule has 0 bridgehead atoms. The second-order valence-corrected chi connectivity index (χ2v) is 10.6. The number of likely N-dealkylation sites (tertiary alicyclic amines) is 1. The molecule has 1 saturated carbocycles. The van der Waals surface area contributed by atoms with E-state index in [2.05, 4.69) is 4.90 Å². The van der Waals surface area contributed by atoms with Crippen molar-refractivity contribution in [3.63, 3.8) is 0 Å². The van der Waals surface area contributed by atoms with Gasteiger partial charge in [0, 0.05) is 13.0 Å². The summed E-state index contributed by atoms with van der Waals surface area (Å²) in [6.07, 6.45) is -6.30. The number of fused-ring (bicyclic) bond motifs is 1. The zero-order chi connectivity index (χ0) is 27.5. The third kappa shape index (κ3) is 7.33. The summed E-state index contributed by atoms with van der Waals surface area (Å²) in [5.74, 6) is -2.40. The van der Waals surface area contributed by atoms with E-state index in [1.807, 2.05) is 0 Å². The molecule has 0 aromatic heterocycles. The van der Waals surface area contributed by atoms with Crippen molar-refractivity contribution in [3.8, 4) is 5.75 Å². The number of rotatable bonds is 8. The van der Waals surface area contributed by atoms with Crippen molar-refractivity contribution in [3.05, 3.63) is 41.5 Å². The molecule has 2 aliphatic rings. The van der Waals surface area contributed by atoms with Gasteiger partial charge in [-0.15, -0.1) is 0 Å². The van der Waals surface area contributed by atoms with E-state index in [0.717, 1.165) is 44.5 Å². The van der Waals surface area contributed by atoms with E-state index in [1.54, 1.807) is 18.2 Å². The van der Waals surface area contributed by atoms with Gasteiger partial charge < -0.3 is 14.7 Å². The quantitative estimate of drug-likeness (QED) is 0.350. The van der Waals surface area contributed by atoms with Crippen LogP contribution in [0.15, 0.2) is 30.3 Å². The summed E-state index contributed by atoms with van der Waals surface area (Å²) in [6, 6.07) is 7.73. The van der Waals surface area contributed by atoms with Gasteiger partial charge in [0.15, 0.2) is 0 Å². The Balaban J connectivity index is 1.41. The molecular weight excluding hydrogens is 512 g/mol. The van der Waals surface area contributed by atoms with Gasteiger partial charge in [-0.05, 0) is 92.8 Å². The summed E-state index contributed by atoms with van der Waals surface area (Å²) in [4.78, 5) is 13.3. The fourth-order valence-electron chi connectivity index (χ4n) is 5.87. The van der Waals surface area contributed by atoms with Crippen LogP contribution in [0, 0.1) is 11.8 Å². The molecule has 0 radical (unpaired) electrons. The van der Waals surface area contributed by atoms with Crippen molar-refractivity contribution in [2.45, 2.75) is 76.2 Å². The fourth-order valence-corrected chi connectivity index (χ4v) is 5.87. The van der Waals surface area contributed by atoms with Crippen molar-refractivity contribution < 1.29 is 41.0 Å². The third-order valence-electron chi connectivity index (χ3n) is 7.77. The van der Waals surface area contributed by atoms with Crippen molar-refractivity contribution in [2.24, 2.45) is 11.8 Å². The lowest BCUT2D eigenvalue weighted by atomic mass is 9.87. The van der Waals surface area contributed by atoms with Crippen LogP contribution in [0.3, 0.4) is 0 Å². The largest absolute Gasteiger partial charge is 0.490 e. The van der Waals surface area contributed by atoms with E-state index in [0.29, 0.717) is 11.8 Å². The van der Waals surface area contributed by atoms with E-state index < -0.39 is 35.9 Å².